The summed E-state index contributed by atoms with van der Waals surface area (Å²) >= 11 is 5.92. The predicted octanol–water partition coefficient (Wildman–Crippen LogP) is 3.14. The molecule has 0 aliphatic carbocycles. The standard InChI is InChI=1S/C14H14ClNO3/c1-14(2,3)19-13(18)10-7-12(17)16-11-5-4-8(15)6-9(10)11/h4-7H,1-3H3,(H,16,17). The van der Waals surface area contributed by atoms with Gasteiger partial charge in [0.05, 0.1) is 5.56 Å². The van der Waals surface area contributed by atoms with Crippen LogP contribution in [0.1, 0.15) is 31.1 Å². The Morgan fingerprint density at radius 1 is 1.26 bits per heavy atom. The second kappa shape index (κ2) is 4.70. The number of esters is 1. The molecule has 0 saturated heterocycles. The number of fused-ring (bicyclic) bond motifs is 1. The maximum atomic E-state index is 12.1. The van der Waals surface area contributed by atoms with E-state index in [1.165, 1.54) is 6.07 Å². The van der Waals surface area contributed by atoms with Crippen LogP contribution >= 0.6 is 11.6 Å². The van der Waals surface area contributed by atoms with Crippen LogP contribution in [0.4, 0.5) is 0 Å². The molecule has 2 rings (SSSR count). The zero-order valence-electron chi connectivity index (χ0n) is 10.9. The minimum absolute atomic E-state index is 0.219. The minimum Gasteiger partial charge on any atom is -0.456 e. The van der Waals surface area contributed by atoms with Crippen LogP contribution in [-0.2, 0) is 4.74 Å². The monoisotopic (exact) mass is 279 g/mol. The first-order valence-corrected chi connectivity index (χ1v) is 6.20. The molecule has 4 nitrogen and oxygen atoms in total. The van der Waals surface area contributed by atoms with Gasteiger partial charge in [-0.3, -0.25) is 4.79 Å². The molecule has 2 aromatic rings. The average Bonchev–Trinajstić information content (AvgIpc) is 2.26. The van der Waals surface area contributed by atoms with Gasteiger partial charge in [0.1, 0.15) is 5.60 Å². The van der Waals surface area contributed by atoms with E-state index >= 15 is 0 Å². The van der Waals surface area contributed by atoms with E-state index in [1.54, 1.807) is 39.0 Å². The third kappa shape index (κ3) is 3.15. The first-order chi connectivity index (χ1) is 8.76. The topological polar surface area (TPSA) is 59.2 Å². The smallest absolute Gasteiger partial charge is 0.339 e. The molecule has 1 N–H and O–H groups in total. The van der Waals surface area contributed by atoms with Crippen molar-refractivity contribution in [2.24, 2.45) is 0 Å². The van der Waals surface area contributed by atoms with Crippen LogP contribution in [0, 0.1) is 0 Å². The number of hydrogen-bond acceptors (Lipinski definition) is 3. The summed E-state index contributed by atoms with van der Waals surface area (Å²) in [6.45, 7) is 5.31. The SMILES string of the molecule is CC(C)(C)OC(=O)c1cc(=O)[nH]c2ccc(Cl)cc12. The number of aromatic nitrogens is 1. The first-order valence-electron chi connectivity index (χ1n) is 5.82. The van der Waals surface area contributed by atoms with Crippen molar-refractivity contribution >= 4 is 28.5 Å². The van der Waals surface area contributed by atoms with Crippen molar-refractivity contribution < 1.29 is 9.53 Å². The molecule has 5 heteroatoms. The zero-order chi connectivity index (χ0) is 14.2. The molecule has 1 aromatic heterocycles. The molecule has 0 aliphatic rings. The van der Waals surface area contributed by atoms with Crippen LogP contribution in [0.15, 0.2) is 29.1 Å². The Kier molecular flexibility index (Phi) is 3.37. The van der Waals surface area contributed by atoms with Crippen molar-refractivity contribution in [3.8, 4) is 0 Å². The Morgan fingerprint density at radius 3 is 2.58 bits per heavy atom. The molecule has 0 bridgehead atoms. The molecule has 1 heterocycles. The zero-order valence-corrected chi connectivity index (χ0v) is 11.7. The molecular formula is C14H14ClNO3. The molecule has 0 saturated carbocycles. The van der Waals surface area contributed by atoms with Crippen LogP contribution < -0.4 is 5.56 Å². The number of nitrogens with one attached hydrogen (secondary N) is 1. The molecule has 0 radical (unpaired) electrons. The fourth-order valence-corrected chi connectivity index (χ4v) is 1.90. The maximum absolute atomic E-state index is 12.1. The van der Waals surface area contributed by atoms with E-state index in [2.05, 4.69) is 4.98 Å². The summed E-state index contributed by atoms with van der Waals surface area (Å²) < 4.78 is 5.29. The van der Waals surface area contributed by atoms with E-state index < -0.39 is 11.6 Å². The molecule has 0 amide bonds. The van der Waals surface area contributed by atoms with Gasteiger partial charge in [-0.15, -0.1) is 0 Å². The lowest BCUT2D eigenvalue weighted by molar-refractivity contribution is 0.00716. The number of carbonyl (C=O) groups is 1. The second-order valence-electron chi connectivity index (χ2n) is 5.24. The van der Waals surface area contributed by atoms with Gasteiger partial charge in [0.2, 0.25) is 5.56 Å². The van der Waals surface area contributed by atoms with Gasteiger partial charge >= 0.3 is 5.97 Å². The number of pyridine rings is 1. The fraction of sp³-hybridized carbons (Fsp3) is 0.286. The number of rotatable bonds is 1. The minimum atomic E-state index is -0.620. The number of ether oxygens (including phenoxy) is 1. The van der Waals surface area contributed by atoms with Gasteiger partial charge < -0.3 is 9.72 Å². The van der Waals surface area contributed by atoms with Crippen molar-refractivity contribution in [1.82, 2.24) is 4.98 Å². The molecule has 0 fully saturated rings. The Labute approximate surface area is 115 Å². The summed E-state index contributed by atoms with van der Waals surface area (Å²) in [6.07, 6.45) is 0. The third-order valence-electron chi connectivity index (χ3n) is 2.42. The Balaban J connectivity index is 2.62. The lowest BCUT2D eigenvalue weighted by Crippen LogP contribution is -2.25. The quantitative estimate of drug-likeness (QED) is 0.816. The molecule has 0 aliphatic heterocycles. The number of benzene rings is 1. The highest BCUT2D eigenvalue weighted by molar-refractivity contribution is 6.31. The number of carbonyl (C=O) groups excluding carboxylic acids is 1. The summed E-state index contributed by atoms with van der Waals surface area (Å²) in [5, 5.41) is 1.06. The van der Waals surface area contributed by atoms with Gasteiger partial charge in [-0.2, -0.15) is 0 Å². The molecule has 0 unspecified atom stereocenters. The highest BCUT2D eigenvalue weighted by Gasteiger charge is 2.20. The maximum Gasteiger partial charge on any atom is 0.339 e. The second-order valence-corrected chi connectivity index (χ2v) is 5.68. The van der Waals surface area contributed by atoms with Gasteiger partial charge in [-0.1, -0.05) is 11.6 Å². The van der Waals surface area contributed by atoms with Crippen LogP contribution in [0.25, 0.3) is 10.9 Å². The Hall–Kier alpha value is -1.81. The van der Waals surface area contributed by atoms with Crippen molar-refractivity contribution in [2.75, 3.05) is 0 Å². The van der Waals surface area contributed by atoms with E-state index in [0.717, 1.165) is 0 Å². The van der Waals surface area contributed by atoms with Gasteiger partial charge in [0, 0.05) is 22.0 Å². The molecule has 1 aromatic carbocycles. The van der Waals surface area contributed by atoms with Crippen molar-refractivity contribution in [3.63, 3.8) is 0 Å². The number of hydrogen-bond donors (Lipinski definition) is 1. The van der Waals surface area contributed by atoms with Gasteiger partial charge in [0.25, 0.3) is 0 Å². The van der Waals surface area contributed by atoms with Crippen molar-refractivity contribution in [1.29, 1.82) is 0 Å². The van der Waals surface area contributed by atoms with Gasteiger partial charge in [0.15, 0.2) is 0 Å². The summed E-state index contributed by atoms with van der Waals surface area (Å²) in [7, 11) is 0. The molecular weight excluding hydrogens is 266 g/mol. The molecule has 0 spiro atoms. The molecule has 100 valence electrons. The Bertz CT molecular complexity index is 698. The molecule has 19 heavy (non-hydrogen) atoms. The lowest BCUT2D eigenvalue weighted by Gasteiger charge is -2.19. The van der Waals surface area contributed by atoms with Crippen LogP contribution in [-0.4, -0.2) is 16.6 Å². The third-order valence-corrected chi connectivity index (χ3v) is 2.66. The highest BCUT2D eigenvalue weighted by atomic mass is 35.5. The predicted molar refractivity (Wildman–Crippen MR) is 74.7 cm³/mol. The van der Waals surface area contributed by atoms with E-state index in [-0.39, 0.29) is 11.1 Å². The van der Waals surface area contributed by atoms with Crippen LogP contribution in [0.2, 0.25) is 5.02 Å². The highest BCUT2D eigenvalue weighted by Crippen LogP contribution is 2.22. The normalized spacial score (nSPS) is 11.6. The average molecular weight is 280 g/mol. The van der Waals surface area contributed by atoms with E-state index in [9.17, 15) is 9.59 Å². The summed E-state index contributed by atoms with van der Waals surface area (Å²) in [6, 6.07) is 6.17. The van der Waals surface area contributed by atoms with Crippen molar-refractivity contribution in [3.05, 3.63) is 45.2 Å². The number of halogens is 1. The van der Waals surface area contributed by atoms with E-state index in [0.29, 0.717) is 15.9 Å². The van der Waals surface area contributed by atoms with Crippen LogP contribution in [0.5, 0.6) is 0 Å². The fourth-order valence-electron chi connectivity index (χ4n) is 1.73. The molecule has 0 atom stereocenters. The summed E-state index contributed by atoms with van der Waals surface area (Å²) in [4.78, 5) is 26.3. The largest absolute Gasteiger partial charge is 0.456 e. The van der Waals surface area contributed by atoms with Gasteiger partial charge in [-0.25, -0.2) is 4.79 Å². The van der Waals surface area contributed by atoms with E-state index in [4.69, 9.17) is 16.3 Å². The first kappa shape index (κ1) is 13.6. The Morgan fingerprint density at radius 2 is 1.95 bits per heavy atom. The number of aromatic amines is 1. The van der Waals surface area contributed by atoms with Crippen LogP contribution in [0.3, 0.4) is 0 Å². The summed E-state index contributed by atoms with van der Waals surface area (Å²) in [5.41, 5.74) is -0.200. The van der Waals surface area contributed by atoms with Crippen molar-refractivity contribution in [2.45, 2.75) is 26.4 Å². The summed E-state index contributed by atoms with van der Waals surface area (Å²) in [5.74, 6) is -0.536. The lowest BCUT2D eigenvalue weighted by atomic mass is 10.1. The number of H-pyrrole nitrogens is 1. The van der Waals surface area contributed by atoms with E-state index in [1.807, 2.05) is 0 Å². The van der Waals surface area contributed by atoms with Gasteiger partial charge in [-0.05, 0) is 39.0 Å².